The Morgan fingerprint density at radius 2 is 1.76 bits per heavy atom. The van der Waals surface area contributed by atoms with Crippen LogP contribution in [0.4, 0.5) is 5.69 Å². The Hall–Kier alpha value is -2.13. The van der Waals surface area contributed by atoms with Crippen LogP contribution in [0.3, 0.4) is 0 Å². The molecule has 2 aromatic heterocycles. The molecule has 1 saturated carbocycles. The molecule has 0 atom stereocenters. The molecule has 2 aromatic rings. The number of anilines is 1. The van der Waals surface area contributed by atoms with E-state index in [2.05, 4.69) is 4.98 Å². The smallest absolute Gasteiger partial charge is 0.334 e. The van der Waals surface area contributed by atoms with Crippen LogP contribution in [0.1, 0.15) is 61.8 Å². The molecular weight excluding hydrogens is 559 g/mol. The summed E-state index contributed by atoms with van der Waals surface area (Å²) in [5.74, 6) is -1.27. The molecular formula is C26H27Cl3N2O5S. The summed E-state index contributed by atoms with van der Waals surface area (Å²) in [4.78, 5) is 45.2. The summed E-state index contributed by atoms with van der Waals surface area (Å²) in [7, 11) is 1.29. The van der Waals surface area contributed by atoms with E-state index in [4.69, 9.17) is 44.3 Å². The molecule has 2 aliphatic carbocycles. The van der Waals surface area contributed by atoms with Crippen molar-refractivity contribution in [3.05, 3.63) is 54.4 Å². The number of hydrogen-bond donors (Lipinski definition) is 0. The molecule has 0 radical (unpaired) electrons. The number of pyridine rings is 1. The normalized spacial score (nSPS) is 16.1. The van der Waals surface area contributed by atoms with Crippen molar-refractivity contribution in [2.24, 2.45) is 0 Å². The van der Waals surface area contributed by atoms with Crippen LogP contribution < -0.4 is 4.90 Å². The maximum Gasteiger partial charge on any atom is 0.334 e. The van der Waals surface area contributed by atoms with Crippen LogP contribution in [0.2, 0.25) is 14.5 Å². The van der Waals surface area contributed by atoms with E-state index in [0.29, 0.717) is 39.6 Å². The van der Waals surface area contributed by atoms with Crippen molar-refractivity contribution >= 4 is 69.7 Å². The molecule has 0 aliphatic heterocycles. The summed E-state index contributed by atoms with van der Waals surface area (Å²) in [6, 6.07) is 3.38. The molecule has 4 rings (SSSR count). The van der Waals surface area contributed by atoms with Crippen molar-refractivity contribution in [2.45, 2.75) is 70.4 Å². The summed E-state index contributed by atoms with van der Waals surface area (Å²) in [6.45, 7) is 0.0886. The number of thiophene rings is 1. The van der Waals surface area contributed by atoms with E-state index >= 15 is 0 Å². The lowest BCUT2D eigenvalue weighted by Crippen LogP contribution is -2.34. The first-order valence-corrected chi connectivity index (χ1v) is 14.1. The number of carbonyl (C=O) groups excluding carboxylic acids is 3. The van der Waals surface area contributed by atoms with E-state index < -0.39 is 11.9 Å². The molecule has 0 N–H and O–H groups in total. The lowest BCUT2D eigenvalue weighted by Gasteiger charge is -2.27. The summed E-state index contributed by atoms with van der Waals surface area (Å²) < 4.78 is 10.8. The van der Waals surface area contributed by atoms with Crippen molar-refractivity contribution in [3.63, 3.8) is 0 Å². The van der Waals surface area contributed by atoms with Crippen LogP contribution in [-0.2, 0) is 36.8 Å². The molecule has 7 nitrogen and oxygen atoms in total. The van der Waals surface area contributed by atoms with Gasteiger partial charge in [-0.05, 0) is 63.0 Å². The maximum atomic E-state index is 14.1. The number of esters is 2. The molecule has 11 heteroatoms. The van der Waals surface area contributed by atoms with E-state index in [9.17, 15) is 14.4 Å². The second-order valence-corrected chi connectivity index (χ2v) is 11.5. The number of halogens is 3. The summed E-state index contributed by atoms with van der Waals surface area (Å²) >= 11 is 20.4. The lowest BCUT2D eigenvalue weighted by molar-refractivity contribution is -0.144. The molecule has 0 spiro atoms. The third kappa shape index (κ3) is 6.66. The van der Waals surface area contributed by atoms with Gasteiger partial charge < -0.3 is 14.4 Å². The SMILES string of the molecule is COC(=O)Cc1sc(Cl)c(N(Cc2ccc(Cl)nc2)C(=O)C2=C(C(=O)OC3CCCC3)CCCC2)c1Cl. The summed E-state index contributed by atoms with van der Waals surface area (Å²) in [5.41, 5.74) is 1.80. The Labute approximate surface area is 234 Å². The molecule has 0 saturated heterocycles. The number of aromatic nitrogens is 1. The number of amides is 1. The van der Waals surface area contributed by atoms with Crippen LogP contribution in [0.15, 0.2) is 29.5 Å². The molecule has 0 unspecified atom stereocenters. The lowest BCUT2D eigenvalue weighted by atomic mass is 9.90. The van der Waals surface area contributed by atoms with Gasteiger partial charge in [0.05, 0.1) is 30.8 Å². The van der Waals surface area contributed by atoms with Crippen molar-refractivity contribution in [2.75, 3.05) is 12.0 Å². The molecule has 1 amide bonds. The van der Waals surface area contributed by atoms with Crippen LogP contribution in [0, 0.1) is 0 Å². The van der Waals surface area contributed by atoms with E-state index in [0.717, 1.165) is 49.9 Å². The van der Waals surface area contributed by atoms with E-state index in [1.165, 1.54) is 12.0 Å². The van der Waals surface area contributed by atoms with E-state index in [-0.39, 0.29) is 40.0 Å². The Morgan fingerprint density at radius 1 is 1.05 bits per heavy atom. The highest BCUT2D eigenvalue weighted by Gasteiger charge is 2.33. The predicted molar refractivity (Wildman–Crippen MR) is 144 cm³/mol. The molecule has 198 valence electrons. The Balaban J connectivity index is 1.73. The van der Waals surface area contributed by atoms with Gasteiger partial charge in [-0.3, -0.25) is 9.59 Å². The maximum absolute atomic E-state index is 14.1. The number of rotatable bonds is 8. The van der Waals surface area contributed by atoms with Gasteiger partial charge in [-0.2, -0.15) is 0 Å². The number of nitrogens with zero attached hydrogens (tertiary/aromatic N) is 2. The van der Waals surface area contributed by atoms with Gasteiger partial charge in [0.25, 0.3) is 5.91 Å². The van der Waals surface area contributed by atoms with Crippen molar-refractivity contribution < 1.29 is 23.9 Å². The predicted octanol–water partition coefficient (Wildman–Crippen LogP) is 6.71. The van der Waals surface area contributed by atoms with Gasteiger partial charge >= 0.3 is 11.9 Å². The van der Waals surface area contributed by atoms with Gasteiger partial charge in [0.1, 0.15) is 15.6 Å². The monoisotopic (exact) mass is 584 g/mol. The van der Waals surface area contributed by atoms with E-state index in [1.807, 2.05) is 0 Å². The first kappa shape index (κ1) is 27.9. The van der Waals surface area contributed by atoms with Gasteiger partial charge in [0, 0.05) is 22.2 Å². The van der Waals surface area contributed by atoms with Gasteiger partial charge in [-0.25, -0.2) is 9.78 Å². The number of hydrogen-bond acceptors (Lipinski definition) is 7. The molecule has 2 heterocycles. The van der Waals surface area contributed by atoms with Crippen LogP contribution in [-0.4, -0.2) is 36.0 Å². The second kappa shape index (κ2) is 12.6. The molecule has 2 aliphatic rings. The minimum atomic E-state index is -0.474. The van der Waals surface area contributed by atoms with Gasteiger partial charge in [0.2, 0.25) is 0 Å². The fourth-order valence-corrected chi connectivity index (χ4v) is 6.63. The standard InChI is InChI=1S/C26H27Cl3N2O5S/c1-35-21(32)12-19-22(28)23(24(29)37-19)31(14-15-10-11-20(27)30-13-15)25(33)17-8-4-5-9-18(17)26(34)36-16-6-2-3-7-16/h10-11,13,16H,2-9,12,14H2,1H3. The summed E-state index contributed by atoms with van der Waals surface area (Å²) in [6.07, 6.45) is 7.65. The fraction of sp³-hybridized carbons (Fsp3) is 0.462. The highest BCUT2D eigenvalue weighted by molar-refractivity contribution is 7.17. The van der Waals surface area contributed by atoms with Crippen molar-refractivity contribution in [3.8, 4) is 0 Å². The third-order valence-electron chi connectivity index (χ3n) is 6.58. The molecule has 1 fully saturated rings. The highest BCUT2D eigenvalue weighted by atomic mass is 35.5. The quantitative estimate of drug-likeness (QED) is 0.253. The average Bonchev–Trinajstić information content (AvgIpc) is 3.50. The van der Waals surface area contributed by atoms with Crippen molar-refractivity contribution in [1.82, 2.24) is 4.98 Å². The average molecular weight is 586 g/mol. The first-order chi connectivity index (χ1) is 17.8. The Kier molecular flexibility index (Phi) is 9.51. The highest BCUT2D eigenvalue weighted by Crippen LogP contribution is 2.45. The molecule has 0 bridgehead atoms. The Bertz CT molecular complexity index is 1210. The number of carbonyl (C=O) groups is 3. The largest absolute Gasteiger partial charge is 0.469 e. The van der Waals surface area contributed by atoms with Crippen molar-refractivity contribution in [1.29, 1.82) is 0 Å². The van der Waals surface area contributed by atoms with Gasteiger partial charge in [0.15, 0.2) is 0 Å². The zero-order chi connectivity index (χ0) is 26.5. The van der Waals surface area contributed by atoms with Gasteiger partial charge in [-0.15, -0.1) is 11.3 Å². The minimum absolute atomic E-state index is 0.0775. The third-order valence-corrected chi connectivity index (χ3v) is 8.70. The Morgan fingerprint density at radius 3 is 2.41 bits per heavy atom. The second-order valence-electron chi connectivity index (χ2n) is 9.07. The number of ether oxygens (including phenoxy) is 2. The van der Waals surface area contributed by atoms with Crippen LogP contribution >= 0.6 is 46.1 Å². The van der Waals surface area contributed by atoms with Crippen LogP contribution in [0.5, 0.6) is 0 Å². The van der Waals surface area contributed by atoms with Crippen LogP contribution in [0.25, 0.3) is 0 Å². The first-order valence-electron chi connectivity index (χ1n) is 12.2. The van der Waals surface area contributed by atoms with E-state index in [1.54, 1.807) is 18.3 Å². The number of methoxy groups -OCH3 is 1. The zero-order valence-electron chi connectivity index (χ0n) is 20.4. The fourth-order valence-electron chi connectivity index (χ4n) is 4.65. The zero-order valence-corrected chi connectivity index (χ0v) is 23.4. The molecule has 37 heavy (non-hydrogen) atoms. The molecule has 0 aromatic carbocycles. The minimum Gasteiger partial charge on any atom is -0.469 e. The topological polar surface area (TPSA) is 85.8 Å². The van der Waals surface area contributed by atoms with Gasteiger partial charge in [-0.1, -0.05) is 40.9 Å². The summed E-state index contributed by atoms with van der Waals surface area (Å²) in [5, 5.41) is 0.516.